The van der Waals surface area contributed by atoms with Gasteiger partial charge in [-0.25, -0.2) is 4.90 Å². The average molecular weight is 257 g/mol. The van der Waals surface area contributed by atoms with Crippen molar-refractivity contribution in [1.82, 2.24) is 10.2 Å². The van der Waals surface area contributed by atoms with Gasteiger partial charge in [-0.15, -0.1) is 6.42 Å². The van der Waals surface area contributed by atoms with Gasteiger partial charge in [0.05, 0.1) is 24.2 Å². The van der Waals surface area contributed by atoms with Gasteiger partial charge < -0.3 is 5.73 Å². The molecule has 0 aromatic heterocycles. The maximum Gasteiger partial charge on any atom is 0.270 e. The summed E-state index contributed by atoms with van der Waals surface area (Å²) in [5.41, 5.74) is 6.07. The van der Waals surface area contributed by atoms with Crippen LogP contribution in [0.1, 0.15) is 20.7 Å². The first-order valence-electron chi connectivity index (χ1n) is 5.52. The number of nitrogen functional groups attached to an aromatic ring is 1. The quantitative estimate of drug-likeness (QED) is 0.333. The topological polar surface area (TPSA) is 92.5 Å². The van der Waals surface area contributed by atoms with Crippen LogP contribution < -0.4 is 11.1 Å². The van der Waals surface area contributed by atoms with Crippen LogP contribution in [0.2, 0.25) is 0 Å². The van der Waals surface area contributed by atoms with Gasteiger partial charge in [0.25, 0.3) is 17.7 Å². The molecule has 0 saturated heterocycles. The Hall–Kier alpha value is -2.65. The Morgan fingerprint density at radius 1 is 1.37 bits per heavy atom. The Morgan fingerprint density at radius 3 is 2.74 bits per heavy atom. The molecule has 6 nitrogen and oxygen atoms in total. The second-order valence-corrected chi connectivity index (χ2v) is 3.92. The summed E-state index contributed by atoms with van der Waals surface area (Å²) >= 11 is 0. The van der Waals surface area contributed by atoms with Crippen molar-refractivity contribution < 1.29 is 14.4 Å². The third kappa shape index (κ3) is 2.07. The molecule has 0 atom stereocenters. The summed E-state index contributed by atoms with van der Waals surface area (Å²) in [5, 5.41) is 2.63. The zero-order valence-electron chi connectivity index (χ0n) is 9.97. The first-order valence-corrected chi connectivity index (χ1v) is 5.52. The van der Waals surface area contributed by atoms with E-state index in [4.69, 9.17) is 12.2 Å². The number of carbonyl (C=O) groups is 3. The Bertz CT molecular complexity index is 616. The van der Waals surface area contributed by atoms with E-state index in [1.54, 1.807) is 6.07 Å². The smallest absolute Gasteiger partial charge is 0.270 e. The van der Waals surface area contributed by atoms with E-state index in [9.17, 15) is 14.4 Å². The van der Waals surface area contributed by atoms with Crippen LogP contribution in [0.4, 0.5) is 5.69 Å². The van der Waals surface area contributed by atoms with Crippen molar-refractivity contribution >= 4 is 23.4 Å². The van der Waals surface area contributed by atoms with Crippen molar-refractivity contribution in [2.45, 2.75) is 0 Å². The number of imide groups is 3. The van der Waals surface area contributed by atoms with Crippen molar-refractivity contribution in [2.24, 2.45) is 0 Å². The van der Waals surface area contributed by atoms with E-state index >= 15 is 0 Å². The van der Waals surface area contributed by atoms with Crippen molar-refractivity contribution in [1.29, 1.82) is 0 Å². The molecule has 1 aromatic rings. The number of hydrogen-bond acceptors (Lipinski definition) is 5. The van der Waals surface area contributed by atoms with Gasteiger partial charge >= 0.3 is 0 Å². The predicted molar refractivity (Wildman–Crippen MR) is 68.1 cm³/mol. The van der Waals surface area contributed by atoms with Crippen LogP contribution in [0.25, 0.3) is 0 Å². The van der Waals surface area contributed by atoms with Crippen molar-refractivity contribution in [3.8, 4) is 12.3 Å². The molecule has 96 valence electrons. The maximum absolute atomic E-state index is 12.0. The Morgan fingerprint density at radius 2 is 2.11 bits per heavy atom. The molecule has 2 rings (SSSR count). The number of terminal acetylenes is 1. The summed E-state index contributed by atoms with van der Waals surface area (Å²) in [6.45, 7) is -0.00732. The molecule has 0 spiro atoms. The normalized spacial score (nSPS) is 13.3. The van der Waals surface area contributed by atoms with Gasteiger partial charge in [-0.1, -0.05) is 12.0 Å². The molecule has 19 heavy (non-hydrogen) atoms. The summed E-state index contributed by atoms with van der Waals surface area (Å²) in [7, 11) is 0. The fourth-order valence-electron chi connectivity index (χ4n) is 1.86. The molecule has 0 radical (unpaired) electrons. The second kappa shape index (κ2) is 4.92. The van der Waals surface area contributed by atoms with Crippen LogP contribution >= 0.6 is 0 Å². The fourth-order valence-corrected chi connectivity index (χ4v) is 1.86. The molecule has 0 unspecified atom stereocenters. The lowest BCUT2D eigenvalue weighted by Crippen LogP contribution is -2.41. The van der Waals surface area contributed by atoms with Crippen LogP contribution in [0.3, 0.4) is 0 Å². The molecule has 3 N–H and O–H groups in total. The number of fused-ring (bicyclic) bond motifs is 1. The van der Waals surface area contributed by atoms with Gasteiger partial charge in [-0.3, -0.25) is 19.7 Å². The van der Waals surface area contributed by atoms with Gasteiger partial charge in [-0.05, 0) is 12.1 Å². The molecule has 0 saturated carbocycles. The van der Waals surface area contributed by atoms with E-state index < -0.39 is 17.7 Å². The maximum atomic E-state index is 12.0. The van der Waals surface area contributed by atoms with E-state index in [0.717, 1.165) is 0 Å². The largest absolute Gasteiger partial charge is 0.398 e. The standard InChI is InChI=1S/C13H11N3O3/c1-2-6-15-7-10(17)16-12(18)8-4-3-5-9(14)11(8)13(16)19/h1,3-5,15H,6-7,14H2. The number of nitrogens with two attached hydrogens (primary N) is 1. The Kier molecular flexibility index (Phi) is 3.31. The number of rotatable bonds is 3. The third-order valence-corrected chi connectivity index (χ3v) is 2.70. The summed E-state index contributed by atoms with van der Waals surface area (Å²) < 4.78 is 0. The molecule has 6 heteroatoms. The van der Waals surface area contributed by atoms with Gasteiger partial charge in [0.15, 0.2) is 0 Å². The first kappa shape index (κ1) is 12.8. The first-order chi connectivity index (χ1) is 9.07. The molecule has 1 aliphatic rings. The zero-order chi connectivity index (χ0) is 14.0. The number of carbonyl (C=O) groups excluding carboxylic acids is 3. The van der Waals surface area contributed by atoms with E-state index in [2.05, 4.69) is 11.2 Å². The molecule has 3 amide bonds. The van der Waals surface area contributed by atoms with Gasteiger partial charge in [0.1, 0.15) is 0 Å². The van der Waals surface area contributed by atoms with E-state index in [1.807, 2.05) is 0 Å². The lowest BCUT2D eigenvalue weighted by atomic mass is 10.1. The molecule has 0 aliphatic carbocycles. The number of amides is 3. The summed E-state index contributed by atoms with van der Waals surface area (Å²) in [4.78, 5) is 36.5. The van der Waals surface area contributed by atoms with Crippen LogP contribution in [-0.4, -0.2) is 35.7 Å². The molecule has 1 aliphatic heterocycles. The van der Waals surface area contributed by atoms with Crippen molar-refractivity contribution in [3.63, 3.8) is 0 Å². The minimum atomic E-state index is -0.689. The Labute approximate surface area is 109 Å². The fraction of sp³-hybridized carbons (Fsp3) is 0.154. The minimum absolute atomic E-state index is 0.0813. The van der Waals surface area contributed by atoms with Gasteiger partial charge in [-0.2, -0.15) is 0 Å². The van der Waals surface area contributed by atoms with Crippen molar-refractivity contribution in [3.05, 3.63) is 29.3 Å². The number of anilines is 1. The highest BCUT2D eigenvalue weighted by Gasteiger charge is 2.40. The second-order valence-electron chi connectivity index (χ2n) is 3.92. The van der Waals surface area contributed by atoms with Crippen molar-refractivity contribution in [2.75, 3.05) is 18.8 Å². The van der Waals surface area contributed by atoms with E-state index in [1.165, 1.54) is 12.1 Å². The van der Waals surface area contributed by atoms with E-state index in [-0.39, 0.29) is 29.9 Å². The third-order valence-electron chi connectivity index (χ3n) is 2.70. The van der Waals surface area contributed by atoms with Crippen LogP contribution in [0.15, 0.2) is 18.2 Å². The molecular formula is C13H11N3O3. The van der Waals surface area contributed by atoms with Crippen LogP contribution in [0, 0.1) is 12.3 Å². The average Bonchev–Trinajstić information content (AvgIpc) is 2.63. The van der Waals surface area contributed by atoms with E-state index in [0.29, 0.717) is 4.90 Å². The number of hydrogen-bond donors (Lipinski definition) is 2. The SMILES string of the molecule is C#CCNCC(=O)N1C(=O)c2cccc(N)c2C1=O. The highest BCUT2D eigenvalue weighted by molar-refractivity contribution is 6.30. The molecule has 1 heterocycles. The Balaban J connectivity index is 2.26. The molecule has 0 bridgehead atoms. The monoisotopic (exact) mass is 257 g/mol. The van der Waals surface area contributed by atoms with Crippen LogP contribution in [-0.2, 0) is 4.79 Å². The predicted octanol–water partition coefficient (Wildman–Crippen LogP) is -0.386. The van der Waals surface area contributed by atoms with Crippen LogP contribution in [0.5, 0.6) is 0 Å². The minimum Gasteiger partial charge on any atom is -0.398 e. The summed E-state index contributed by atoms with van der Waals surface area (Å²) in [6.07, 6.45) is 5.02. The zero-order valence-corrected chi connectivity index (χ0v) is 9.97. The number of nitrogens with zero attached hydrogens (tertiary/aromatic N) is 1. The lowest BCUT2D eigenvalue weighted by Gasteiger charge is -2.11. The molecule has 1 aromatic carbocycles. The molecular weight excluding hydrogens is 246 g/mol. The lowest BCUT2D eigenvalue weighted by molar-refractivity contribution is -0.125. The number of nitrogens with one attached hydrogen (secondary N) is 1. The summed E-state index contributed by atoms with van der Waals surface area (Å²) in [5.74, 6) is 0.296. The molecule has 0 fully saturated rings. The highest BCUT2D eigenvalue weighted by Crippen LogP contribution is 2.27. The van der Waals surface area contributed by atoms with Gasteiger partial charge in [0.2, 0.25) is 0 Å². The highest BCUT2D eigenvalue weighted by atomic mass is 16.2. The number of benzene rings is 1. The summed E-state index contributed by atoms with van der Waals surface area (Å²) in [6, 6.07) is 4.53. The van der Waals surface area contributed by atoms with Gasteiger partial charge in [0, 0.05) is 5.69 Å².